The van der Waals surface area contributed by atoms with Crippen LogP contribution in [0.5, 0.6) is 0 Å². The van der Waals surface area contributed by atoms with E-state index in [9.17, 15) is 0 Å². The van der Waals surface area contributed by atoms with Gasteiger partial charge in [0.1, 0.15) is 22.3 Å². The lowest BCUT2D eigenvalue weighted by atomic mass is 9.98. The first kappa shape index (κ1) is 29.4. The molecular formula is C48H28BrNO2. The van der Waals surface area contributed by atoms with Gasteiger partial charge in [-0.25, -0.2) is 0 Å². The second kappa shape index (κ2) is 11.3. The molecule has 0 N–H and O–H groups in total. The minimum Gasteiger partial charge on any atom is -0.456 e. The molecule has 0 saturated heterocycles. The summed E-state index contributed by atoms with van der Waals surface area (Å²) < 4.78 is 15.8. The topological polar surface area (TPSA) is 31.2 Å². The lowest BCUT2D eigenvalue weighted by Gasteiger charge is -2.10. The molecule has 0 aliphatic rings. The molecule has 3 nitrogen and oxygen atoms in total. The third kappa shape index (κ3) is 4.58. The molecule has 4 heteroatoms. The predicted octanol–water partition coefficient (Wildman–Crippen LogP) is 14.3. The zero-order chi connectivity index (χ0) is 34.3. The fourth-order valence-corrected chi connectivity index (χ4v) is 8.18. The lowest BCUT2D eigenvalue weighted by Crippen LogP contribution is -1.94. The quantitative estimate of drug-likeness (QED) is 0.181. The molecule has 0 atom stereocenters. The molecule has 0 amide bonds. The van der Waals surface area contributed by atoms with Gasteiger partial charge in [0, 0.05) is 42.5 Å². The van der Waals surface area contributed by atoms with E-state index < -0.39 is 0 Å². The maximum absolute atomic E-state index is 6.15. The Bertz CT molecular complexity index is 3010. The van der Waals surface area contributed by atoms with Crippen LogP contribution in [0.4, 0.5) is 0 Å². The van der Waals surface area contributed by atoms with Gasteiger partial charge in [-0.3, -0.25) is 0 Å². The van der Waals surface area contributed by atoms with E-state index in [-0.39, 0.29) is 0 Å². The Labute approximate surface area is 307 Å². The molecule has 0 unspecified atom stereocenters. The van der Waals surface area contributed by atoms with Crippen LogP contribution in [0.15, 0.2) is 183 Å². The van der Waals surface area contributed by atoms with E-state index in [0.717, 1.165) is 65.2 Å². The molecule has 3 heterocycles. The van der Waals surface area contributed by atoms with Crippen LogP contribution in [-0.2, 0) is 0 Å². The minimum absolute atomic E-state index is 0.904. The molecule has 0 aliphatic carbocycles. The average molecular weight is 731 g/mol. The predicted molar refractivity (Wildman–Crippen MR) is 219 cm³/mol. The molecule has 52 heavy (non-hydrogen) atoms. The Kier molecular flexibility index (Phi) is 6.40. The van der Waals surface area contributed by atoms with E-state index in [1.807, 2.05) is 24.3 Å². The number of rotatable bonds is 4. The normalized spacial score (nSPS) is 11.9. The van der Waals surface area contributed by atoms with Gasteiger partial charge in [-0.1, -0.05) is 101 Å². The number of fused-ring (bicyclic) bond motifs is 9. The summed E-state index contributed by atoms with van der Waals surface area (Å²) in [4.78, 5) is 0. The standard InChI is InChI=1S/C48H28BrNO2/c49-35-17-9-29(10-18-35)30-11-19-36(20-12-30)50-43-21-13-31(33-15-23-47-41(27-33)37-5-1-3-7-45(37)51-47)25-39(43)40-26-32(14-22-44(40)50)34-16-24-48-42(28-34)38-6-2-4-8-46(38)52-48/h1-28H. The highest BCUT2D eigenvalue weighted by molar-refractivity contribution is 9.10. The second-order valence-corrected chi connectivity index (χ2v) is 14.4. The highest BCUT2D eigenvalue weighted by Gasteiger charge is 2.17. The van der Waals surface area contributed by atoms with Crippen LogP contribution in [0.25, 0.3) is 105 Å². The Morgan fingerprint density at radius 3 is 1.21 bits per heavy atom. The molecule has 0 spiro atoms. The monoisotopic (exact) mass is 729 g/mol. The average Bonchev–Trinajstić information content (AvgIpc) is 3.86. The van der Waals surface area contributed by atoms with E-state index in [4.69, 9.17) is 8.83 Å². The molecule has 11 rings (SSSR count). The number of benzene rings is 8. The number of hydrogen-bond acceptors (Lipinski definition) is 2. The molecule has 0 aliphatic heterocycles. The van der Waals surface area contributed by atoms with Crippen LogP contribution in [0.1, 0.15) is 0 Å². The Morgan fingerprint density at radius 1 is 0.327 bits per heavy atom. The first-order chi connectivity index (χ1) is 25.6. The minimum atomic E-state index is 0.904. The van der Waals surface area contributed by atoms with Crippen LogP contribution in [-0.4, -0.2) is 4.57 Å². The first-order valence-corrected chi connectivity index (χ1v) is 18.2. The van der Waals surface area contributed by atoms with E-state index in [1.54, 1.807) is 0 Å². The molecule has 3 aromatic heterocycles. The largest absolute Gasteiger partial charge is 0.456 e. The molecule has 0 radical (unpaired) electrons. The Balaban J connectivity index is 1.11. The maximum Gasteiger partial charge on any atom is 0.135 e. The molecule has 244 valence electrons. The molecular weight excluding hydrogens is 702 g/mol. The molecule has 11 aromatic rings. The van der Waals surface area contributed by atoms with E-state index in [2.05, 4.69) is 166 Å². The fourth-order valence-electron chi connectivity index (χ4n) is 7.92. The zero-order valence-electron chi connectivity index (χ0n) is 27.8. The summed E-state index contributed by atoms with van der Waals surface area (Å²) in [6.07, 6.45) is 0. The molecule has 0 saturated carbocycles. The van der Waals surface area contributed by atoms with Crippen LogP contribution in [0.2, 0.25) is 0 Å². The van der Waals surface area contributed by atoms with Crippen molar-refractivity contribution in [2.75, 3.05) is 0 Å². The lowest BCUT2D eigenvalue weighted by molar-refractivity contribution is 0.668. The number of halogens is 1. The fraction of sp³-hybridized carbons (Fsp3) is 0. The maximum atomic E-state index is 6.15. The van der Waals surface area contributed by atoms with Crippen molar-refractivity contribution in [2.24, 2.45) is 0 Å². The van der Waals surface area contributed by atoms with Crippen molar-refractivity contribution in [3.05, 3.63) is 174 Å². The van der Waals surface area contributed by atoms with Gasteiger partial charge < -0.3 is 13.4 Å². The van der Waals surface area contributed by atoms with Gasteiger partial charge in [0.15, 0.2) is 0 Å². The molecule has 0 bridgehead atoms. The number of furan rings is 2. The molecule has 8 aromatic carbocycles. The van der Waals surface area contributed by atoms with Crippen molar-refractivity contribution in [1.82, 2.24) is 4.57 Å². The van der Waals surface area contributed by atoms with Gasteiger partial charge >= 0.3 is 0 Å². The summed E-state index contributed by atoms with van der Waals surface area (Å²) >= 11 is 3.57. The summed E-state index contributed by atoms with van der Waals surface area (Å²) in [5.41, 5.74) is 14.1. The van der Waals surface area contributed by atoms with Crippen molar-refractivity contribution < 1.29 is 8.83 Å². The number of aromatic nitrogens is 1. The van der Waals surface area contributed by atoms with E-state index >= 15 is 0 Å². The SMILES string of the molecule is Brc1ccc(-c2ccc(-n3c4ccc(-c5ccc6oc7ccccc7c6c5)cc4c4cc(-c5ccc6oc7ccccc7c6c5)ccc43)cc2)cc1. The van der Waals surface area contributed by atoms with Crippen LogP contribution < -0.4 is 0 Å². The van der Waals surface area contributed by atoms with Crippen molar-refractivity contribution in [3.63, 3.8) is 0 Å². The van der Waals surface area contributed by atoms with Crippen molar-refractivity contribution in [3.8, 4) is 39.1 Å². The van der Waals surface area contributed by atoms with Crippen molar-refractivity contribution in [2.45, 2.75) is 0 Å². The summed E-state index contributed by atoms with van der Waals surface area (Å²) in [6.45, 7) is 0. The second-order valence-electron chi connectivity index (χ2n) is 13.5. The van der Waals surface area contributed by atoms with Gasteiger partial charge in [0.25, 0.3) is 0 Å². The summed E-state index contributed by atoms with van der Waals surface area (Å²) in [6, 6.07) is 60.7. The van der Waals surface area contributed by atoms with Crippen molar-refractivity contribution >= 4 is 81.6 Å². The van der Waals surface area contributed by atoms with Crippen LogP contribution in [0.3, 0.4) is 0 Å². The van der Waals surface area contributed by atoms with Crippen LogP contribution in [0, 0.1) is 0 Å². The first-order valence-electron chi connectivity index (χ1n) is 17.4. The third-order valence-electron chi connectivity index (χ3n) is 10.5. The van der Waals surface area contributed by atoms with E-state index in [0.29, 0.717) is 0 Å². The zero-order valence-corrected chi connectivity index (χ0v) is 29.4. The highest BCUT2D eigenvalue weighted by atomic mass is 79.9. The van der Waals surface area contributed by atoms with Crippen molar-refractivity contribution in [1.29, 1.82) is 0 Å². The van der Waals surface area contributed by atoms with Crippen LogP contribution >= 0.6 is 15.9 Å². The number of hydrogen-bond donors (Lipinski definition) is 0. The van der Waals surface area contributed by atoms with Gasteiger partial charge in [-0.2, -0.15) is 0 Å². The van der Waals surface area contributed by atoms with Gasteiger partial charge in [-0.05, 0) is 118 Å². The number of nitrogens with zero attached hydrogens (tertiary/aromatic N) is 1. The highest BCUT2D eigenvalue weighted by Crippen LogP contribution is 2.40. The van der Waals surface area contributed by atoms with Gasteiger partial charge in [0.05, 0.1) is 11.0 Å². The third-order valence-corrected chi connectivity index (χ3v) is 11.0. The summed E-state index contributed by atoms with van der Waals surface area (Å²) in [5, 5.41) is 6.94. The summed E-state index contributed by atoms with van der Waals surface area (Å²) in [5.74, 6) is 0. The molecule has 0 fully saturated rings. The van der Waals surface area contributed by atoms with Gasteiger partial charge in [0.2, 0.25) is 0 Å². The van der Waals surface area contributed by atoms with E-state index in [1.165, 1.54) is 44.1 Å². The summed E-state index contributed by atoms with van der Waals surface area (Å²) in [7, 11) is 0. The van der Waals surface area contributed by atoms with Gasteiger partial charge in [-0.15, -0.1) is 0 Å². The Morgan fingerprint density at radius 2 is 0.712 bits per heavy atom. The number of para-hydroxylation sites is 2. The smallest absolute Gasteiger partial charge is 0.135 e. The Hall–Kier alpha value is -6.36.